The molecule has 2 aromatic rings. The van der Waals surface area contributed by atoms with Gasteiger partial charge in [0.1, 0.15) is 11.5 Å². The Morgan fingerprint density at radius 1 is 1.30 bits per heavy atom. The number of rotatable bonds is 8. The third-order valence-corrected chi connectivity index (χ3v) is 3.67. The van der Waals surface area contributed by atoms with Gasteiger partial charge in [-0.1, -0.05) is 12.1 Å². The van der Waals surface area contributed by atoms with Gasteiger partial charge in [0.05, 0.1) is 25.0 Å². The zero-order chi connectivity index (χ0) is 19.6. The summed E-state index contributed by atoms with van der Waals surface area (Å²) in [4.78, 5) is 11.7. The lowest BCUT2D eigenvalue weighted by molar-refractivity contribution is 0.0526. The van der Waals surface area contributed by atoms with E-state index in [1.54, 1.807) is 44.4 Å². The quantitative estimate of drug-likeness (QED) is 0.311. The SMILES string of the molecule is CCOC(=O)c1ccc(-c2ccc(/C=N\NC(=S)N[C@H](C)COC)o2)cc1. The van der Waals surface area contributed by atoms with Gasteiger partial charge in [0, 0.05) is 18.7 Å². The highest BCUT2D eigenvalue weighted by molar-refractivity contribution is 7.80. The van der Waals surface area contributed by atoms with E-state index in [-0.39, 0.29) is 12.0 Å². The number of ether oxygens (including phenoxy) is 2. The summed E-state index contributed by atoms with van der Waals surface area (Å²) >= 11 is 5.13. The standard InChI is InChI=1S/C19H23N3O4S/c1-4-25-18(23)15-7-5-14(6-8-15)17-10-9-16(26-17)11-20-22-19(27)21-13(2)12-24-3/h5-11,13H,4,12H2,1-3H3,(H2,21,22,27)/b20-11-/t13-/m1/s1. The van der Waals surface area contributed by atoms with E-state index < -0.39 is 0 Å². The van der Waals surface area contributed by atoms with Gasteiger partial charge in [-0.2, -0.15) is 5.10 Å². The van der Waals surface area contributed by atoms with E-state index in [0.717, 1.165) is 5.56 Å². The predicted molar refractivity (Wildman–Crippen MR) is 108 cm³/mol. The fourth-order valence-electron chi connectivity index (χ4n) is 2.26. The number of nitrogens with zero attached hydrogens (tertiary/aromatic N) is 1. The minimum atomic E-state index is -0.341. The topological polar surface area (TPSA) is 85.1 Å². The molecule has 0 saturated carbocycles. The highest BCUT2D eigenvalue weighted by Gasteiger charge is 2.08. The largest absolute Gasteiger partial charge is 0.462 e. The molecule has 2 rings (SSSR count). The third-order valence-electron chi connectivity index (χ3n) is 3.46. The number of hydrazone groups is 1. The smallest absolute Gasteiger partial charge is 0.338 e. The van der Waals surface area contributed by atoms with E-state index in [1.165, 1.54) is 6.21 Å². The van der Waals surface area contributed by atoms with Crippen molar-refractivity contribution in [3.05, 3.63) is 47.7 Å². The minimum absolute atomic E-state index is 0.0815. The normalized spacial score (nSPS) is 12.0. The molecule has 1 aromatic carbocycles. The average Bonchev–Trinajstić information content (AvgIpc) is 3.11. The molecule has 0 unspecified atom stereocenters. The van der Waals surface area contributed by atoms with Crippen LogP contribution in [0.3, 0.4) is 0 Å². The number of benzene rings is 1. The molecule has 0 aliphatic heterocycles. The maximum absolute atomic E-state index is 11.7. The molecule has 0 saturated heterocycles. The van der Waals surface area contributed by atoms with Crippen molar-refractivity contribution in [2.24, 2.45) is 5.10 Å². The Hall–Kier alpha value is -2.71. The van der Waals surface area contributed by atoms with Crippen LogP contribution in [0.15, 0.2) is 45.9 Å². The maximum Gasteiger partial charge on any atom is 0.338 e. The highest BCUT2D eigenvalue weighted by atomic mass is 32.1. The van der Waals surface area contributed by atoms with E-state index in [9.17, 15) is 4.79 Å². The fourth-order valence-corrected chi connectivity index (χ4v) is 2.52. The van der Waals surface area contributed by atoms with Gasteiger partial charge in [-0.05, 0) is 50.3 Å². The lowest BCUT2D eigenvalue weighted by atomic mass is 10.1. The van der Waals surface area contributed by atoms with E-state index in [2.05, 4.69) is 15.8 Å². The second-order valence-electron chi connectivity index (χ2n) is 5.70. The van der Waals surface area contributed by atoms with Crippen LogP contribution in [0.1, 0.15) is 30.0 Å². The summed E-state index contributed by atoms with van der Waals surface area (Å²) < 4.78 is 15.7. The lowest BCUT2D eigenvalue weighted by Crippen LogP contribution is -2.40. The van der Waals surface area contributed by atoms with Crippen molar-refractivity contribution in [3.8, 4) is 11.3 Å². The number of furan rings is 1. The number of carbonyl (C=O) groups is 1. The summed E-state index contributed by atoms with van der Waals surface area (Å²) in [6.07, 6.45) is 1.53. The van der Waals surface area contributed by atoms with Crippen LogP contribution in [-0.4, -0.2) is 43.7 Å². The molecule has 1 heterocycles. The molecule has 8 heteroatoms. The van der Waals surface area contributed by atoms with Crippen molar-refractivity contribution in [2.75, 3.05) is 20.3 Å². The first-order valence-electron chi connectivity index (χ1n) is 8.49. The number of hydrogen-bond acceptors (Lipinski definition) is 6. The van der Waals surface area contributed by atoms with Crippen LogP contribution in [0.4, 0.5) is 0 Å². The van der Waals surface area contributed by atoms with Gasteiger partial charge in [0.25, 0.3) is 0 Å². The van der Waals surface area contributed by atoms with Gasteiger partial charge in [-0.15, -0.1) is 0 Å². The number of thiocarbonyl (C=S) groups is 1. The average molecular weight is 389 g/mol. The molecule has 27 heavy (non-hydrogen) atoms. The van der Waals surface area contributed by atoms with Crippen LogP contribution in [0, 0.1) is 0 Å². The molecule has 0 amide bonds. The van der Waals surface area contributed by atoms with Crippen molar-refractivity contribution in [1.82, 2.24) is 10.7 Å². The molecule has 1 atom stereocenters. The molecular formula is C19H23N3O4S. The predicted octanol–water partition coefficient (Wildman–Crippen LogP) is 2.96. The van der Waals surface area contributed by atoms with Crippen LogP contribution in [0.25, 0.3) is 11.3 Å². The fraction of sp³-hybridized carbons (Fsp3) is 0.316. The van der Waals surface area contributed by atoms with Crippen LogP contribution in [-0.2, 0) is 9.47 Å². The van der Waals surface area contributed by atoms with Crippen molar-refractivity contribution in [3.63, 3.8) is 0 Å². The summed E-state index contributed by atoms with van der Waals surface area (Å²) in [7, 11) is 1.63. The Morgan fingerprint density at radius 3 is 2.70 bits per heavy atom. The highest BCUT2D eigenvalue weighted by Crippen LogP contribution is 2.22. The maximum atomic E-state index is 11.7. The summed E-state index contributed by atoms with van der Waals surface area (Å²) in [6, 6.07) is 10.7. The number of nitrogens with one attached hydrogen (secondary N) is 2. The first-order valence-corrected chi connectivity index (χ1v) is 8.90. The van der Waals surface area contributed by atoms with Crippen LogP contribution in [0.2, 0.25) is 0 Å². The Balaban J connectivity index is 1.92. The molecular weight excluding hydrogens is 366 g/mol. The van der Waals surface area contributed by atoms with Gasteiger partial charge in [0.2, 0.25) is 0 Å². The molecule has 0 aliphatic carbocycles. The lowest BCUT2D eigenvalue weighted by Gasteiger charge is -2.13. The molecule has 2 N–H and O–H groups in total. The van der Waals surface area contributed by atoms with Gasteiger partial charge >= 0.3 is 5.97 Å². The van der Waals surface area contributed by atoms with Crippen molar-refractivity contribution >= 4 is 29.5 Å². The van der Waals surface area contributed by atoms with E-state index in [1.807, 2.05) is 13.0 Å². The van der Waals surface area contributed by atoms with Crippen molar-refractivity contribution < 1.29 is 18.7 Å². The number of hydrogen-bond donors (Lipinski definition) is 2. The molecule has 0 bridgehead atoms. The summed E-state index contributed by atoms with van der Waals surface area (Å²) in [6.45, 7) is 4.62. The van der Waals surface area contributed by atoms with Crippen molar-refractivity contribution in [1.29, 1.82) is 0 Å². The summed E-state index contributed by atoms with van der Waals surface area (Å²) in [5.74, 6) is 0.896. The van der Waals surface area contributed by atoms with Gasteiger partial charge in [-0.3, -0.25) is 5.43 Å². The monoisotopic (exact) mass is 389 g/mol. The van der Waals surface area contributed by atoms with Crippen LogP contribution < -0.4 is 10.7 Å². The summed E-state index contributed by atoms with van der Waals surface area (Å²) in [5.41, 5.74) is 4.07. The number of esters is 1. The molecule has 7 nitrogen and oxygen atoms in total. The van der Waals surface area contributed by atoms with E-state index >= 15 is 0 Å². The molecule has 0 fully saturated rings. The second kappa shape index (κ2) is 10.4. The first kappa shape index (κ1) is 20.6. The summed E-state index contributed by atoms with van der Waals surface area (Å²) in [5, 5.41) is 7.48. The zero-order valence-corrected chi connectivity index (χ0v) is 16.3. The van der Waals surface area contributed by atoms with Gasteiger partial charge < -0.3 is 19.2 Å². The zero-order valence-electron chi connectivity index (χ0n) is 15.5. The Labute approximate surface area is 163 Å². The number of carbonyl (C=O) groups excluding carboxylic acids is 1. The second-order valence-corrected chi connectivity index (χ2v) is 6.11. The van der Waals surface area contributed by atoms with E-state index in [0.29, 0.717) is 35.4 Å². The Bertz CT molecular complexity index is 787. The molecule has 144 valence electrons. The van der Waals surface area contributed by atoms with E-state index in [4.69, 9.17) is 26.1 Å². The number of methoxy groups -OCH3 is 1. The Morgan fingerprint density at radius 2 is 2.04 bits per heavy atom. The van der Waals surface area contributed by atoms with Gasteiger partial charge in [0.15, 0.2) is 5.11 Å². The Kier molecular flexibility index (Phi) is 7.97. The molecule has 0 aliphatic rings. The molecule has 1 aromatic heterocycles. The molecule has 0 radical (unpaired) electrons. The third kappa shape index (κ3) is 6.50. The van der Waals surface area contributed by atoms with Gasteiger partial charge in [-0.25, -0.2) is 4.79 Å². The van der Waals surface area contributed by atoms with Crippen LogP contribution in [0.5, 0.6) is 0 Å². The first-order chi connectivity index (χ1) is 13.0. The van der Waals surface area contributed by atoms with Crippen molar-refractivity contribution in [2.45, 2.75) is 19.9 Å². The minimum Gasteiger partial charge on any atom is -0.462 e. The molecule has 0 spiro atoms. The van der Waals surface area contributed by atoms with Crippen LogP contribution >= 0.6 is 12.2 Å².